The van der Waals surface area contributed by atoms with E-state index < -0.39 is 0 Å². The first-order valence-corrected chi connectivity index (χ1v) is 4.24. The van der Waals surface area contributed by atoms with Gasteiger partial charge in [0.15, 0.2) is 0 Å². The van der Waals surface area contributed by atoms with Crippen molar-refractivity contribution in [2.75, 3.05) is 0 Å². The fourth-order valence-electron chi connectivity index (χ4n) is 1.05. The number of thiazole rings is 1. The van der Waals surface area contributed by atoms with Crippen LogP contribution in [0.1, 0.15) is 0 Å². The van der Waals surface area contributed by atoms with Crippen molar-refractivity contribution >= 4 is 16.3 Å². The van der Waals surface area contributed by atoms with Crippen LogP contribution in [0.4, 0.5) is 0 Å². The van der Waals surface area contributed by atoms with Crippen molar-refractivity contribution in [2.24, 2.45) is 7.05 Å². The van der Waals surface area contributed by atoms with Crippen LogP contribution in [0.15, 0.2) is 22.4 Å². The lowest BCUT2D eigenvalue weighted by atomic mass is 10.6. The Morgan fingerprint density at radius 3 is 3.17 bits per heavy atom. The maximum atomic E-state index is 11.2. The molecule has 5 heteroatoms. The van der Waals surface area contributed by atoms with Crippen molar-refractivity contribution in [3.05, 3.63) is 28.0 Å². The van der Waals surface area contributed by atoms with Gasteiger partial charge in [0.05, 0.1) is 19.0 Å². The summed E-state index contributed by atoms with van der Waals surface area (Å²) < 4.78 is 2.90. The van der Waals surface area contributed by atoms with Gasteiger partial charge in [-0.3, -0.25) is 0 Å². The molecule has 0 saturated carbocycles. The van der Waals surface area contributed by atoms with Crippen molar-refractivity contribution in [2.45, 2.75) is 0 Å². The highest BCUT2D eigenvalue weighted by Gasteiger charge is 2.08. The Morgan fingerprint density at radius 2 is 2.42 bits per heavy atom. The molecule has 0 aliphatic rings. The number of hydrogen-bond acceptors (Lipinski definition) is 3. The smallest absolute Gasteiger partial charge is 0.347 e. The van der Waals surface area contributed by atoms with Crippen LogP contribution in [0, 0.1) is 0 Å². The molecule has 2 heterocycles. The van der Waals surface area contributed by atoms with E-state index in [0.717, 1.165) is 6.07 Å². The average Bonchev–Trinajstić information content (AvgIpc) is 2.48. The summed E-state index contributed by atoms with van der Waals surface area (Å²) in [7, 11) is 1.65. The van der Waals surface area contributed by atoms with Gasteiger partial charge >= 0.3 is 10.5 Å². The number of nitrogens with zero attached hydrogens (tertiary/aromatic N) is 2. The number of hydrogen-bond donors (Lipinski definition) is 0. The molecular formula is C7H6N2O2S. The van der Waals surface area contributed by atoms with Gasteiger partial charge in [-0.25, -0.2) is 9.36 Å². The van der Waals surface area contributed by atoms with E-state index in [0.29, 0.717) is 4.96 Å². The Balaban J connectivity index is 3.07. The maximum Gasteiger partial charge on any atom is 0.347 e. The summed E-state index contributed by atoms with van der Waals surface area (Å²) in [6, 6.07) is 1.08. The van der Waals surface area contributed by atoms with Gasteiger partial charge in [0.25, 0.3) is 0 Å². The van der Waals surface area contributed by atoms with Gasteiger partial charge in [-0.15, -0.1) is 0 Å². The van der Waals surface area contributed by atoms with Crippen LogP contribution >= 0.6 is 11.3 Å². The van der Waals surface area contributed by atoms with E-state index in [1.165, 1.54) is 20.3 Å². The van der Waals surface area contributed by atoms with Crippen molar-refractivity contribution in [3.63, 3.8) is 0 Å². The first-order valence-electron chi connectivity index (χ1n) is 3.36. The summed E-state index contributed by atoms with van der Waals surface area (Å²) >= 11 is 1.37. The molecule has 0 radical (unpaired) electrons. The van der Waals surface area contributed by atoms with Crippen LogP contribution in [0.25, 0.3) is 4.96 Å². The van der Waals surface area contributed by atoms with Crippen LogP contribution < -0.4 is 15.2 Å². The van der Waals surface area contributed by atoms with Gasteiger partial charge in [0.1, 0.15) is 6.20 Å². The molecule has 2 rings (SSSR count). The zero-order chi connectivity index (χ0) is 8.72. The van der Waals surface area contributed by atoms with E-state index in [1.54, 1.807) is 18.6 Å². The number of aromatic nitrogens is 2. The molecule has 0 spiro atoms. The molecule has 0 saturated heterocycles. The largest absolute Gasteiger partial charge is 0.842 e. The minimum absolute atomic E-state index is 0.262. The Labute approximate surface area is 72.0 Å². The molecule has 0 fully saturated rings. The van der Waals surface area contributed by atoms with Crippen molar-refractivity contribution in [1.82, 2.24) is 4.40 Å². The normalized spacial score (nSPS) is 10.8. The van der Waals surface area contributed by atoms with Gasteiger partial charge in [0, 0.05) is 5.38 Å². The van der Waals surface area contributed by atoms with Gasteiger partial charge in [0.2, 0.25) is 0 Å². The molecule has 0 aliphatic heterocycles. The van der Waals surface area contributed by atoms with Crippen LogP contribution in [-0.2, 0) is 7.05 Å². The fraction of sp³-hybridized carbons (Fsp3) is 0.143. The molecule has 0 atom stereocenters. The standard InChI is InChI=1S/C7H6N2O2S/c1-8-5(10)4-6(11)9-2-3-12-7(8)9/h2-4H,1H3. The molecule has 12 heavy (non-hydrogen) atoms. The van der Waals surface area contributed by atoms with E-state index >= 15 is 0 Å². The highest BCUT2D eigenvalue weighted by molar-refractivity contribution is 7.14. The lowest BCUT2D eigenvalue weighted by Gasteiger charge is -2.03. The monoisotopic (exact) mass is 182 g/mol. The lowest BCUT2D eigenvalue weighted by Crippen LogP contribution is -2.37. The summed E-state index contributed by atoms with van der Waals surface area (Å²) in [5.74, 6) is -0.262. The second-order valence-electron chi connectivity index (χ2n) is 2.44. The summed E-state index contributed by atoms with van der Waals surface area (Å²) in [6.07, 6.45) is 1.65. The molecule has 2 aromatic heterocycles. The molecule has 2 aromatic rings. The molecule has 62 valence electrons. The Morgan fingerprint density at radius 1 is 1.67 bits per heavy atom. The third-order valence-electron chi connectivity index (χ3n) is 1.69. The fourth-order valence-corrected chi connectivity index (χ4v) is 1.86. The number of aryl methyl sites for hydroxylation is 1. The quantitative estimate of drug-likeness (QED) is 0.504. The third-order valence-corrected chi connectivity index (χ3v) is 2.63. The van der Waals surface area contributed by atoms with E-state index in [9.17, 15) is 9.90 Å². The SMILES string of the molecule is C[n+]1c([O-])cc(=O)n2ccsc21. The minimum atomic E-state index is -0.269. The highest BCUT2D eigenvalue weighted by atomic mass is 32.1. The maximum absolute atomic E-state index is 11.2. The molecule has 0 N–H and O–H groups in total. The van der Waals surface area contributed by atoms with Crippen LogP contribution in [-0.4, -0.2) is 4.40 Å². The van der Waals surface area contributed by atoms with E-state index in [2.05, 4.69) is 0 Å². The Bertz CT molecular complexity index is 486. The zero-order valence-corrected chi connectivity index (χ0v) is 7.17. The zero-order valence-electron chi connectivity index (χ0n) is 6.35. The van der Waals surface area contributed by atoms with Gasteiger partial charge in [-0.2, -0.15) is 4.40 Å². The predicted octanol–water partition coefficient (Wildman–Crippen LogP) is -0.741. The number of fused-ring (bicyclic) bond motifs is 1. The highest BCUT2D eigenvalue weighted by Crippen LogP contribution is 2.04. The molecule has 0 amide bonds. The van der Waals surface area contributed by atoms with E-state index in [4.69, 9.17) is 0 Å². The Kier molecular flexibility index (Phi) is 1.41. The molecule has 0 aliphatic carbocycles. The van der Waals surface area contributed by atoms with Gasteiger partial charge in [-0.1, -0.05) is 11.3 Å². The van der Waals surface area contributed by atoms with Crippen LogP contribution in [0.2, 0.25) is 0 Å². The lowest BCUT2D eigenvalue weighted by molar-refractivity contribution is -0.692. The molecular weight excluding hydrogens is 176 g/mol. The molecule has 0 aromatic carbocycles. The van der Waals surface area contributed by atoms with E-state index in [-0.39, 0.29) is 11.4 Å². The Hall–Kier alpha value is -1.36. The molecule has 4 nitrogen and oxygen atoms in total. The van der Waals surface area contributed by atoms with E-state index in [1.807, 2.05) is 0 Å². The first kappa shape index (κ1) is 7.30. The molecule has 0 bridgehead atoms. The first-order chi connectivity index (χ1) is 5.70. The van der Waals surface area contributed by atoms with Crippen LogP contribution in [0.5, 0.6) is 5.88 Å². The average molecular weight is 182 g/mol. The topological polar surface area (TPSA) is 48.4 Å². The van der Waals surface area contributed by atoms with Crippen molar-refractivity contribution in [1.29, 1.82) is 0 Å². The minimum Gasteiger partial charge on any atom is -0.842 e. The third kappa shape index (κ3) is 0.831. The second kappa shape index (κ2) is 2.31. The van der Waals surface area contributed by atoms with Crippen molar-refractivity contribution < 1.29 is 9.67 Å². The van der Waals surface area contributed by atoms with Gasteiger partial charge in [-0.05, 0) is 0 Å². The van der Waals surface area contributed by atoms with Gasteiger partial charge < -0.3 is 5.11 Å². The number of rotatable bonds is 0. The predicted molar refractivity (Wildman–Crippen MR) is 42.2 cm³/mol. The van der Waals surface area contributed by atoms with Crippen molar-refractivity contribution in [3.8, 4) is 5.88 Å². The second-order valence-corrected chi connectivity index (χ2v) is 3.31. The summed E-state index contributed by atoms with van der Waals surface area (Å²) in [5.41, 5.74) is -0.269. The summed E-state index contributed by atoms with van der Waals surface area (Å²) in [5, 5.41) is 12.9. The summed E-state index contributed by atoms with van der Waals surface area (Å²) in [6.45, 7) is 0. The molecule has 0 unspecified atom stereocenters. The summed E-state index contributed by atoms with van der Waals surface area (Å²) in [4.78, 5) is 11.8. The van der Waals surface area contributed by atoms with Crippen LogP contribution in [0.3, 0.4) is 0 Å².